The van der Waals surface area contributed by atoms with Crippen LogP contribution in [0.2, 0.25) is 0 Å². The second-order valence-corrected chi connectivity index (χ2v) is 4.04. The van der Waals surface area contributed by atoms with Gasteiger partial charge in [-0.1, -0.05) is 0 Å². The molecule has 0 aliphatic carbocycles. The number of nitrogens with two attached hydrogens (primary N) is 1. The van der Waals surface area contributed by atoms with Crippen LogP contribution in [0.25, 0.3) is 0 Å². The van der Waals surface area contributed by atoms with Gasteiger partial charge < -0.3 is 10.8 Å². The van der Waals surface area contributed by atoms with Gasteiger partial charge in [0, 0.05) is 6.04 Å². The van der Waals surface area contributed by atoms with Gasteiger partial charge in [-0.2, -0.15) is 0 Å². The molecule has 0 aliphatic heterocycles. The Morgan fingerprint density at radius 1 is 1.50 bits per heavy atom. The molecule has 1 rings (SSSR count). The van der Waals surface area contributed by atoms with E-state index in [1.54, 1.807) is 6.26 Å². The van der Waals surface area contributed by atoms with Crippen molar-refractivity contribution in [2.45, 2.75) is 17.4 Å². The zero-order valence-corrected chi connectivity index (χ0v) is 9.35. The summed E-state index contributed by atoms with van der Waals surface area (Å²) in [5, 5.41) is 8.51. The first-order valence-corrected chi connectivity index (χ1v) is 5.68. The summed E-state index contributed by atoms with van der Waals surface area (Å²) in [5.41, 5.74) is 5.65. The summed E-state index contributed by atoms with van der Waals surface area (Å²) >= 11 is 0.949. The molecule has 1 atom stereocenters. The Balaban J connectivity index is 3.03. The highest BCUT2D eigenvalue weighted by Gasteiger charge is 2.16. The number of carboxylic acid groups (broad SMARTS) is 1. The van der Waals surface area contributed by atoms with Crippen LogP contribution in [0, 0.1) is 11.6 Å². The topological polar surface area (TPSA) is 63.3 Å². The molecule has 0 saturated carbocycles. The summed E-state index contributed by atoms with van der Waals surface area (Å²) in [5.74, 6) is -2.55. The largest absolute Gasteiger partial charge is 0.481 e. The van der Waals surface area contributed by atoms with Crippen molar-refractivity contribution in [1.29, 1.82) is 0 Å². The SMILES string of the molecule is CSc1c(F)cc(C(N)CC(=O)O)cc1F. The maximum Gasteiger partial charge on any atom is 0.305 e. The number of carbonyl (C=O) groups is 1. The molecule has 0 spiro atoms. The van der Waals surface area contributed by atoms with Crippen LogP contribution in [0.3, 0.4) is 0 Å². The van der Waals surface area contributed by atoms with E-state index in [2.05, 4.69) is 0 Å². The highest BCUT2D eigenvalue weighted by molar-refractivity contribution is 7.98. The van der Waals surface area contributed by atoms with E-state index in [1.165, 1.54) is 0 Å². The predicted octanol–water partition coefficient (Wildman–Crippen LogP) is 2.16. The first-order valence-electron chi connectivity index (χ1n) is 4.46. The number of benzene rings is 1. The summed E-state index contributed by atoms with van der Waals surface area (Å²) in [6.07, 6.45) is 1.19. The van der Waals surface area contributed by atoms with Crippen molar-refractivity contribution >= 4 is 17.7 Å². The summed E-state index contributed by atoms with van der Waals surface area (Å²) in [4.78, 5) is 10.3. The summed E-state index contributed by atoms with van der Waals surface area (Å²) in [7, 11) is 0. The van der Waals surface area contributed by atoms with Crippen LogP contribution in [0.1, 0.15) is 18.0 Å². The number of aliphatic carboxylic acids is 1. The molecular formula is C10H11F2NO2S. The van der Waals surface area contributed by atoms with Gasteiger partial charge in [0.25, 0.3) is 0 Å². The Morgan fingerprint density at radius 2 is 2.00 bits per heavy atom. The lowest BCUT2D eigenvalue weighted by Crippen LogP contribution is -2.15. The van der Waals surface area contributed by atoms with Crippen molar-refractivity contribution in [2.75, 3.05) is 6.26 Å². The van der Waals surface area contributed by atoms with Gasteiger partial charge in [-0.25, -0.2) is 8.78 Å². The third-order valence-corrected chi connectivity index (χ3v) is 2.85. The van der Waals surface area contributed by atoms with E-state index in [4.69, 9.17) is 10.8 Å². The highest BCUT2D eigenvalue weighted by Crippen LogP contribution is 2.26. The number of hydrogen-bond acceptors (Lipinski definition) is 3. The maximum atomic E-state index is 13.3. The normalized spacial score (nSPS) is 12.5. The molecule has 88 valence electrons. The fraction of sp³-hybridized carbons (Fsp3) is 0.300. The molecular weight excluding hydrogens is 236 g/mol. The fourth-order valence-electron chi connectivity index (χ4n) is 1.29. The van der Waals surface area contributed by atoms with Crippen LogP contribution < -0.4 is 5.73 Å². The standard InChI is InChI=1S/C10H11F2NO2S/c1-16-10-6(11)2-5(3-7(10)12)8(13)4-9(14)15/h2-3,8H,4,13H2,1H3,(H,14,15). The second-order valence-electron chi connectivity index (χ2n) is 3.22. The lowest BCUT2D eigenvalue weighted by molar-refractivity contribution is -0.137. The maximum absolute atomic E-state index is 13.3. The zero-order valence-electron chi connectivity index (χ0n) is 8.54. The number of rotatable bonds is 4. The Morgan fingerprint density at radius 3 is 2.38 bits per heavy atom. The highest BCUT2D eigenvalue weighted by atomic mass is 32.2. The van der Waals surface area contributed by atoms with Crippen molar-refractivity contribution in [1.82, 2.24) is 0 Å². The summed E-state index contributed by atoms with van der Waals surface area (Å²) in [6.45, 7) is 0. The Hall–Kier alpha value is -1.14. The van der Waals surface area contributed by atoms with Gasteiger partial charge in [-0.15, -0.1) is 11.8 Å². The molecule has 0 aliphatic rings. The van der Waals surface area contributed by atoms with Crippen molar-refractivity contribution in [2.24, 2.45) is 5.73 Å². The van der Waals surface area contributed by atoms with Crippen LogP contribution in [-0.4, -0.2) is 17.3 Å². The Bertz CT molecular complexity index is 389. The molecule has 3 N–H and O–H groups in total. The lowest BCUT2D eigenvalue weighted by atomic mass is 10.0. The number of carboxylic acids is 1. The average molecular weight is 247 g/mol. The van der Waals surface area contributed by atoms with Crippen LogP contribution in [0.4, 0.5) is 8.78 Å². The Kier molecular flexibility index (Phi) is 4.26. The van der Waals surface area contributed by atoms with E-state index < -0.39 is 23.6 Å². The lowest BCUT2D eigenvalue weighted by Gasteiger charge is -2.11. The zero-order chi connectivity index (χ0) is 12.3. The molecule has 6 heteroatoms. The molecule has 0 aromatic heterocycles. The second kappa shape index (κ2) is 5.27. The van der Waals surface area contributed by atoms with Crippen molar-refractivity contribution in [3.8, 4) is 0 Å². The molecule has 0 amide bonds. The quantitative estimate of drug-likeness (QED) is 0.800. The van der Waals surface area contributed by atoms with E-state index in [-0.39, 0.29) is 16.9 Å². The van der Waals surface area contributed by atoms with Gasteiger partial charge >= 0.3 is 5.97 Å². The van der Waals surface area contributed by atoms with Crippen molar-refractivity contribution in [3.63, 3.8) is 0 Å². The molecule has 0 heterocycles. The summed E-state index contributed by atoms with van der Waals surface area (Å²) in [6, 6.07) is 1.24. The van der Waals surface area contributed by atoms with Crippen molar-refractivity contribution < 1.29 is 18.7 Å². The first-order chi connectivity index (χ1) is 7.45. The van der Waals surface area contributed by atoms with Gasteiger partial charge in [-0.3, -0.25) is 4.79 Å². The number of halogens is 2. The average Bonchev–Trinajstić information content (AvgIpc) is 2.16. The fourth-order valence-corrected chi connectivity index (χ4v) is 1.80. The predicted molar refractivity (Wildman–Crippen MR) is 57.3 cm³/mol. The minimum Gasteiger partial charge on any atom is -0.481 e. The minimum absolute atomic E-state index is 0.0914. The van der Waals surface area contributed by atoms with Gasteiger partial charge in [0.1, 0.15) is 11.6 Å². The molecule has 1 aromatic rings. The van der Waals surface area contributed by atoms with E-state index in [9.17, 15) is 13.6 Å². The van der Waals surface area contributed by atoms with Gasteiger partial charge in [-0.05, 0) is 24.0 Å². The molecule has 1 unspecified atom stereocenters. The molecule has 0 bridgehead atoms. The van der Waals surface area contributed by atoms with E-state index in [0.717, 1.165) is 23.9 Å². The number of thioether (sulfide) groups is 1. The van der Waals surface area contributed by atoms with E-state index in [0.29, 0.717) is 0 Å². The van der Waals surface area contributed by atoms with Gasteiger partial charge in [0.15, 0.2) is 0 Å². The minimum atomic E-state index is -1.11. The molecule has 3 nitrogen and oxygen atoms in total. The smallest absolute Gasteiger partial charge is 0.305 e. The Labute approximate surface area is 95.6 Å². The first kappa shape index (κ1) is 12.9. The molecule has 0 fully saturated rings. The third kappa shape index (κ3) is 2.93. The molecule has 16 heavy (non-hydrogen) atoms. The monoisotopic (exact) mass is 247 g/mol. The molecule has 0 radical (unpaired) electrons. The van der Waals surface area contributed by atoms with Crippen LogP contribution in [0.5, 0.6) is 0 Å². The molecule has 0 saturated heterocycles. The molecule has 1 aromatic carbocycles. The van der Waals surface area contributed by atoms with Crippen LogP contribution in [-0.2, 0) is 4.79 Å². The van der Waals surface area contributed by atoms with Gasteiger partial charge in [0.2, 0.25) is 0 Å². The van der Waals surface area contributed by atoms with E-state index >= 15 is 0 Å². The van der Waals surface area contributed by atoms with Crippen LogP contribution in [0.15, 0.2) is 17.0 Å². The van der Waals surface area contributed by atoms with Crippen LogP contribution >= 0.6 is 11.8 Å². The summed E-state index contributed by atoms with van der Waals surface area (Å²) < 4.78 is 26.7. The van der Waals surface area contributed by atoms with E-state index in [1.807, 2.05) is 0 Å². The third-order valence-electron chi connectivity index (χ3n) is 2.05. The van der Waals surface area contributed by atoms with Crippen molar-refractivity contribution in [3.05, 3.63) is 29.3 Å². The van der Waals surface area contributed by atoms with Gasteiger partial charge in [0.05, 0.1) is 11.3 Å². The number of hydrogen-bond donors (Lipinski definition) is 2.